The van der Waals surface area contributed by atoms with E-state index >= 15 is 0 Å². The molecule has 5 aromatic rings. The largest absolute Gasteiger partial charge is 0.494 e. The highest BCUT2D eigenvalue weighted by Crippen LogP contribution is 2.42. The number of piperazine rings is 1. The number of piperidine rings is 3. The summed E-state index contributed by atoms with van der Waals surface area (Å²) in [7, 11) is -1.13. The quantitative estimate of drug-likeness (QED) is 0.0977. The lowest BCUT2D eigenvalue weighted by molar-refractivity contribution is -0.138. The number of ether oxygens (including phenoxy) is 1. The molecule has 2 aromatic heterocycles. The van der Waals surface area contributed by atoms with Gasteiger partial charge in [-0.15, -0.1) is 0 Å². The van der Waals surface area contributed by atoms with E-state index in [9.17, 15) is 28.5 Å². The fourth-order valence-electron chi connectivity index (χ4n) is 11.0. The van der Waals surface area contributed by atoms with Crippen molar-refractivity contribution in [1.29, 1.82) is 0 Å². The third-order valence-electron chi connectivity index (χ3n) is 14.8. The number of hydrogen-bond donors (Lipinski definition) is 3. The number of anilines is 6. The number of hydrogen-bond acceptors (Lipinski definition) is 16. The first-order valence-electron chi connectivity index (χ1n) is 24.6. The zero-order chi connectivity index (χ0) is 50.4. The summed E-state index contributed by atoms with van der Waals surface area (Å²) in [6.07, 6.45) is 9.27. The molecule has 10 rings (SSSR count). The zero-order valence-electron chi connectivity index (χ0n) is 40.8. The van der Waals surface area contributed by atoms with Gasteiger partial charge in [0.25, 0.3) is 11.8 Å². The van der Waals surface area contributed by atoms with Gasteiger partial charge in [0.1, 0.15) is 30.3 Å². The summed E-state index contributed by atoms with van der Waals surface area (Å²) < 4.78 is 20.1. The molecule has 0 aliphatic carbocycles. The van der Waals surface area contributed by atoms with Crippen LogP contribution in [0.5, 0.6) is 5.75 Å². The fourth-order valence-corrected chi connectivity index (χ4v) is 12.7. The van der Waals surface area contributed by atoms with Gasteiger partial charge in [-0.1, -0.05) is 6.92 Å². The standard InChI is InChI=1S/C51H58BrN12O7P/c1-5-30-26-39(57-51-55-29-36(52)46(59-51)56-38-9-8-37-44(54-17-16-53-37)45(38)72(3,4)70)42(71-2)28-41(30)62-20-14-32(15-21-62)61-22-24-63(25-23-61)48(67)31-12-18-60(19-13-31)33-6-7-34-35(27-33)50(69)64(49(34)68)40-10-11-43(65)58-47(40)66/h6-9,16-17,26-29,31-32,40H,5,10-15,18-25H2,1-4H3,(H,58,65,66)(H2,55,56,57,59). The van der Waals surface area contributed by atoms with Gasteiger partial charge in [0.2, 0.25) is 23.7 Å². The molecule has 0 saturated carbocycles. The summed E-state index contributed by atoms with van der Waals surface area (Å²) in [4.78, 5) is 93.2. The number of fused-ring (bicyclic) bond motifs is 2. The number of nitrogens with zero attached hydrogens (tertiary/aromatic N) is 9. The average molecular weight is 1060 g/mol. The second-order valence-corrected chi connectivity index (χ2v) is 23.4. The molecular weight excluding hydrogens is 1000 g/mol. The smallest absolute Gasteiger partial charge is 0.262 e. The Bertz CT molecular complexity index is 3040. The van der Waals surface area contributed by atoms with Crippen LogP contribution in [0.1, 0.15) is 71.7 Å². The molecule has 0 spiro atoms. The van der Waals surface area contributed by atoms with Crippen molar-refractivity contribution < 1.29 is 33.3 Å². The summed E-state index contributed by atoms with van der Waals surface area (Å²) in [5.41, 5.74) is 6.25. The maximum Gasteiger partial charge on any atom is 0.262 e. The highest BCUT2D eigenvalue weighted by Gasteiger charge is 2.45. The van der Waals surface area contributed by atoms with E-state index in [4.69, 9.17) is 9.72 Å². The first-order chi connectivity index (χ1) is 34.7. The van der Waals surface area contributed by atoms with E-state index in [2.05, 4.69) is 80.6 Å². The summed E-state index contributed by atoms with van der Waals surface area (Å²) >= 11 is 3.59. The zero-order valence-corrected chi connectivity index (χ0v) is 43.3. The van der Waals surface area contributed by atoms with Crippen molar-refractivity contribution >= 4 is 103 Å². The lowest BCUT2D eigenvalue weighted by Gasteiger charge is -2.44. The molecule has 0 bridgehead atoms. The van der Waals surface area contributed by atoms with Crippen LogP contribution >= 0.6 is 23.1 Å². The molecule has 376 valence electrons. The molecule has 0 radical (unpaired) electrons. The SMILES string of the molecule is CCc1cc(Nc2ncc(Br)c(Nc3ccc4nccnc4c3P(C)(C)=O)n2)c(OC)cc1N1CCC(N2CCN(C(=O)C3CCN(c4ccc5c(c4)C(=O)N(C4CCC(=O)NC4=O)C5=O)CC3)CC2)CC1. The van der Waals surface area contributed by atoms with Gasteiger partial charge in [-0.2, -0.15) is 4.98 Å². The molecule has 5 amide bonds. The van der Waals surface area contributed by atoms with Gasteiger partial charge in [-0.3, -0.25) is 49.1 Å². The Kier molecular flexibility index (Phi) is 13.8. The number of amides is 5. The Morgan fingerprint density at radius 3 is 2.25 bits per heavy atom. The van der Waals surface area contributed by atoms with E-state index in [-0.39, 0.29) is 35.8 Å². The molecule has 19 nitrogen and oxygen atoms in total. The van der Waals surface area contributed by atoms with Crippen molar-refractivity contribution in [1.82, 2.24) is 40.0 Å². The van der Waals surface area contributed by atoms with Gasteiger partial charge in [0, 0.05) is 107 Å². The van der Waals surface area contributed by atoms with Crippen molar-refractivity contribution in [3.63, 3.8) is 0 Å². The molecule has 4 fully saturated rings. The Morgan fingerprint density at radius 1 is 0.819 bits per heavy atom. The number of aryl methyl sites for hydroxylation is 1. The summed E-state index contributed by atoms with van der Waals surface area (Å²) in [6, 6.07) is 12.5. The lowest BCUT2D eigenvalue weighted by atomic mass is 9.94. The number of nitrogens with one attached hydrogen (secondary N) is 3. The van der Waals surface area contributed by atoms with Crippen LogP contribution in [0.3, 0.4) is 0 Å². The molecule has 3 N–H and O–H groups in total. The number of rotatable bonds is 12. The minimum Gasteiger partial charge on any atom is -0.494 e. The lowest BCUT2D eigenvalue weighted by Crippen LogP contribution is -2.55. The van der Waals surface area contributed by atoms with Crippen molar-refractivity contribution in [2.75, 3.05) is 93.2 Å². The van der Waals surface area contributed by atoms with Gasteiger partial charge in [-0.05, 0) is 110 Å². The monoisotopic (exact) mass is 1060 g/mol. The molecule has 21 heteroatoms. The van der Waals surface area contributed by atoms with E-state index in [1.54, 1.807) is 51.2 Å². The molecule has 1 unspecified atom stereocenters. The van der Waals surface area contributed by atoms with Crippen LogP contribution in [0.25, 0.3) is 11.0 Å². The van der Waals surface area contributed by atoms with Crippen LogP contribution in [-0.4, -0.2) is 149 Å². The molecule has 72 heavy (non-hydrogen) atoms. The third kappa shape index (κ3) is 9.63. The predicted molar refractivity (Wildman–Crippen MR) is 279 cm³/mol. The molecule has 5 aliphatic heterocycles. The maximum atomic E-state index is 13.9. The average Bonchev–Trinajstić information content (AvgIpc) is 3.63. The molecule has 3 aromatic carbocycles. The first-order valence-corrected chi connectivity index (χ1v) is 28.0. The Balaban J connectivity index is 0.718. The molecular formula is C51H58BrN12O7P. The minimum atomic E-state index is -2.79. The number of halogens is 1. The van der Waals surface area contributed by atoms with E-state index in [0.717, 1.165) is 67.4 Å². The van der Waals surface area contributed by atoms with Gasteiger partial charge < -0.3 is 34.6 Å². The molecule has 5 aliphatic rings. The van der Waals surface area contributed by atoms with Gasteiger partial charge in [0.05, 0.1) is 44.9 Å². The van der Waals surface area contributed by atoms with Crippen molar-refractivity contribution in [2.45, 2.75) is 64.0 Å². The second-order valence-electron chi connectivity index (χ2n) is 19.4. The minimum absolute atomic E-state index is 0.0685. The topological polar surface area (TPSA) is 216 Å². The number of carbonyl (C=O) groups is 5. The highest BCUT2D eigenvalue weighted by atomic mass is 79.9. The van der Waals surface area contributed by atoms with Crippen LogP contribution in [0.15, 0.2) is 65.5 Å². The second kappa shape index (κ2) is 20.2. The fraction of sp³-hybridized carbons (Fsp3) is 0.431. The number of carbonyl (C=O) groups excluding carboxylic acids is 5. The third-order valence-corrected chi connectivity index (χ3v) is 16.9. The van der Waals surface area contributed by atoms with Gasteiger partial charge in [-0.25, -0.2) is 4.98 Å². The number of imide groups is 2. The van der Waals surface area contributed by atoms with Crippen molar-refractivity contribution in [3.8, 4) is 5.75 Å². The molecule has 7 heterocycles. The van der Waals surface area contributed by atoms with Crippen LogP contribution in [0.4, 0.5) is 34.5 Å². The Hall–Kier alpha value is -6.50. The Morgan fingerprint density at radius 2 is 1.54 bits per heavy atom. The molecule has 1 atom stereocenters. The van der Waals surface area contributed by atoms with E-state index in [1.165, 1.54) is 5.56 Å². The van der Waals surface area contributed by atoms with Gasteiger partial charge in [0.15, 0.2) is 0 Å². The van der Waals surface area contributed by atoms with Gasteiger partial charge >= 0.3 is 0 Å². The van der Waals surface area contributed by atoms with Crippen molar-refractivity contribution in [2.24, 2.45) is 5.92 Å². The predicted octanol–water partition coefficient (Wildman–Crippen LogP) is 5.92. The van der Waals surface area contributed by atoms with Crippen LogP contribution in [0, 0.1) is 5.92 Å². The summed E-state index contributed by atoms with van der Waals surface area (Å²) in [5, 5.41) is 9.60. The Labute approximate surface area is 426 Å². The number of benzene rings is 3. The molecule has 4 saturated heterocycles. The maximum absolute atomic E-state index is 13.9. The van der Waals surface area contributed by atoms with Crippen LogP contribution in [-0.2, 0) is 25.4 Å². The number of aromatic nitrogens is 4. The first kappa shape index (κ1) is 49.1. The van der Waals surface area contributed by atoms with E-state index in [0.29, 0.717) is 89.1 Å². The van der Waals surface area contributed by atoms with Crippen LogP contribution in [0.2, 0.25) is 0 Å². The van der Waals surface area contributed by atoms with E-state index < -0.39 is 36.8 Å². The summed E-state index contributed by atoms with van der Waals surface area (Å²) in [5.74, 6) is -0.445. The van der Waals surface area contributed by atoms with Crippen molar-refractivity contribution in [3.05, 3.63) is 82.2 Å². The normalized spacial score (nSPS) is 19.5. The van der Waals surface area contributed by atoms with Crippen LogP contribution < -0.4 is 35.8 Å². The number of methoxy groups -OCH3 is 1. The van der Waals surface area contributed by atoms with E-state index in [1.807, 2.05) is 23.1 Å². The highest BCUT2D eigenvalue weighted by molar-refractivity contribution is 9.10. The summed E-state index contributed by atoms with van der Waals surface area (Å²) in [6.45, 7) is 11.8.